The first kappa shape index (κ1) is 17.1. The minimum atomic E-state index is -0.452. The first-order chi connectivity index (χ1) is 11.5. The van der Waals surface area contributed by atoms with Crippen LogP contribution in [0.5, 0.6) is 0 Å². The number of hydrogen-bond donors (Lipinski definition) is 2. The van der Waals surface area contributed by atoms with Crippen molar-refractivity contribution in [3.8, 4) is 0 Å². The Morgan fingerprint density at radius 3 is 2.83 bits per heavy atom. The number of primary amides is 1. The van der Waals surface area contributed by atoms with Gasteiger partial charge < -0.3 is 11.1 Å². The zero-order valence-electron chi connectivity index (χ0n) is 13.8. The van der Waals surface area contributed by atoms with Gasteiger partial charge >= 0.3 is 0 Å². The van der Waals surface area contributed by atoms with Crippen molar-refractivity contribution in [1.82, 2.24) is 4.90 Å². The summed E-state index contributed by atoms with van der Waals surface area (Å²) in [5.41, 5.74) is 8.32. The van der Waals surface area contributed by atoms with Crippen molar-refractivity contribution < 1.29 is 9.59 Å². The van der Waals surface area contributed by atoms with Crippen LogP contribution < -0.4 is 11.1 Å². The predicted molar refractivity (Wildman–Crippen MR) is 98.9 cm³/mol. The standard InChI is InChI=1S/C17H21N3O2S2/c1-10-6-7-23-13(10)8-20(2)9-14(21)19-17-15(16(18)22)11-4-3-5-12(11)24-17/h6-7H,3-5,8-9H2,1-2H3,(H2,18,22)(H,19,21). The Labute approximate surface area is 149 Å². The molecule has 0 saturated heterocycles. The lowest BCUT2D eigenvalue weighted by Crippen LogP contribution is -2.30. The van der Waals surface area contributed by atoms with Gasteiger partial charge in [0.2, 0.25) is 5.91 Å². The molecule has 1 aliphatic rings. The molecule has 3 N–H and O–H groups in total. The average Bonchev–Trinajstić information content (AvgIpc) is 3.15. The van der Waals surface area contributed by atoms with Gasteiger partial charge in [0.15, 0.2) is 0 Å². The quantitative estimate of drug-likeness (QED) is 0.829. The van der Waals surface area contributed by atoms with Gasteiger partial charge in [0.1, 0.15) is 5.00 Å². The van der Waals surface area contributed by atoms with Gasteiger partial charge in [-0.15, -0.1) is 22.7 Å². The Morgan fingerprint density at radius 2 is 2.17 bits per heavy atom. The largest absolute Gasteiger partial charge is 0.365 e. The number of hydrogen-bond acceptors (Lipinski definition) is 5. The third-order valence-corrected chi connectivity index (χ3v) is 6.43. The number of carbonyl (C=O) groups excluding carboxylic acids is 2. The lowest BCUT2D eigenvalue weighted by molar-refractivity contribution is -0.117. The highest BCUT2D eigenvalue weighted by molar-refractivity contribution is 7.17. The first-order valence-corrected chi connectivity index (χ1v) is 9.61. The Bertz CT molecular complexity index is 779. The molecule has 0 aromatic carbocycles. The van der Waals surface area contributed by atoms with Crippen molar-refractivity contribution in [3.05, 3.63) is 37.9 Å². The second kappa shape index (κ2) is 7.04. The summed E-state index contributed by atoms with van der Waals surface area (Å²) in [4.78, 5) is 28.5. The van der Waals surface area contributed by atoms with E-state index in [-0.39, 0.29) is 12.5 Å². The molecule has 0 saturated carbocycles. The summed E-state index contributed by atoms with van der Waals surface area (Å²) in [5, 5.41) is 5.56. The molecule has 0 fully saturated rings. The van der Waals surface area contributed by atoms with Crippen LogP contribution in [0.2, 0.25) is 0 Å². The highest BCUT2D eigenvalue weighted by atomic mass is 32.1. The summed E-state index contributed by atoms with van der Waals surface area (Å²) in [6.07, 6.45) is 2.89. The van der Waals surface area contributed by atoms with E-state index < -0.39 is 5.91 Å². The van der Waals surface area contributed by atoms with Crippen LogP contribution in [-0.4, -0.2) is 30.3 Å². The Hall–Kier alpha value is -1.70. The molecule has 0 radical (unpaired) electrons. The summed E-state index contributed by atoms with van der Waals surface area (Å²) in [7, 11) is 1.92. The molecule has 7 heteroatoms. The maximum absolute atomic E-state index is 12.3. The van der Waals surface area contributed by atoms with E-state index in [0.29, 0.717) is 10.6 Å². The summed E-state index contributed by atoms with van der Waals surface area (Å²) in [5.74, 6) is -0.568. The minimum absolute atomic E-state index is 0.117. The molecular weight excluding hydrogens is 342 g/mol. The van der Waals surface area contributed by atoms with Crippen LogP contribution >= 0.6 is 22.7 Å². The van der Waals surface area contributed by atoms with Crippen LogP contribution in [0, 0.1) is 6.92 Å². The van der Waals surface area contributed by atoms with E-state index >= 15 is 0 Å². The molecule has 24 heavy (non-hydrogen) atoms. The molecule has 2 amide bonds. The number of anilines is 1. The SMILES string of the molecule is Cc1ccsc1CN(C)CC(=O)Nc1sc2c(c1C(N)=O)CCC2. The van der Waals surface area contributed by atoms with Crippen molar-refractivity contribution in [1.29, 1.82) is 0 Å². The molecule has 1 aliphatic carbocycles. The molecule has 3 rings (SSSR count). The molecule has 0 unspecified atom stereocenters. The molecule has 2 aromatic heterocycles. The van der Waals surface area contributed by atoms with Gasteiger partial charge in [-0.1, -0.05) is 0 Å². The molecule has 0 spiro atoms. The second-order valence-electron chi connectivity index (χ2n) is 6.17. The fraction of sp³-hybridized carbons (Fsp3) is 0.412. The van der Waals surface area contributed by atoms with Crippen LogP contribution in [0.3, 0.4) is 0 Å². The number of nitrogens with two attached hydrogens (primary N) is 1. The third-order valence-electron chi connectivity index (χ3n) is 4.22. The number of thiophene rings is 2. The van der Waals surface area contributed by atoms with Gasteiger partial charge in [0.05, 0.1) is 12.1 Å². The molecule has 0 aliphatic heterocycles. The number of amides is 2. The van der Waals surface area contributed by atoms with E-state index in [2.05, 4.69) is 23.7 Å². The summed E-state index contributed by atoms with van der Waals surface area (Å²) >= 11 is 3.19. The van der Waals surface area contributed by atoms with E-state index in [1.807, 2.05) is 11.9 Å². The van der Waals surface area contributed by atoms with Crippen molar-refractivity contribution in [2.24, 2.45) is 5.73 Å². The maximum atomic E-state index is 12.3. The fourth-order valence-electron chi connectivity index (χ4n) is 3.03. The van der Waals surface area contributed by atoms with Gasteiger partial charge in [0, 0.05) is 16.3 Å². The fourth-order valence-corrected chi connectivity index (χ4v) is 5.33. The highest BCUT2D eigenvalue weighted by Gasteiger charge is 2.26. The summed E-state index contributed by atoms with van der Waals surface area (Å²) in [6.45, 7) is 3.09. The van der Waals surface area contributed by atoms with Gasteiger partial charge in [-0.3, -0.25) is 14.5 Å². The van der Waals surface area contributed by atoms with E-state index in [1.54, 1.807) is 11.3 Å². The Morgan fingerprint density at radius 1 is 1.38 bits per heavy atom. The van der Waals surface area contributed by atoms with E-state index in [1.165, 1.54) is 26.7 Å². The molecule has 2 aromatic rings. The topological polar surface area (TPSA) is 75.4 Å². The lowest BCUT2D eigenvalue weighted by Gasteiger charge is -2.16. The van der Waals surface area contributed by atoms with Crippen molar-refractivity contribution in [3.63, 3.8) is 0 Å². The van der Waals surface area contributed by atoms with Crippen LogP contribution in [0.4, 0.5) is 5.00 Å². The van der Waals surface area contributed by atoms with Crippen molar-refractivity contribution in [2.75, 3.05) is 18.9 Å². The first-order valence-electron chi connectivity index (χ1n) is 7.91. The zero-order chi connectivity index (χ0) is 17.3. The van der Waals surface area contributed by atoms with E-state index in [4.69, 9.17) is 5.73 Å². The van der Waals surface area contributed by atoms with Gasteiger partial charge in [-0.2, -0.15) is 0 Å². The predicted octanol–water partition coefficient (Wildman–Crippen LogP) is 2.78. The maximum Gasteiger partial charge on any atom is 0.251 e. The summed E-state index contributed by atoms with van der Waals surface area (Å²) in [6, 6.07) is 2.08. The van der Waals surface area contributed by atoms with Crippen LogP contribution in [0.15, 0.2) is 11.4 Å². The highest BCUT2D eigenvalue weighted by Crippen LogP contribution is 2.38. The minimum Gasteiger partial charge on any atom is -0.365 e. The molecule has 5 nitrogen and oxygen atoms in total. The van der Waals surface area contributed by atoms with Crippen molar-refractivity contribution >= 4 is 39.5 Å². The van der Waals surface area contributed by atoms with Gasteiger partial charge in [-0.05, 0) is 55.8 Å². The number of nitrogens with zero attached hydrogens (tertiary/aromatic N) is 1. The van der Waals surface area contributed by atoms with E-state index in [9.17, 15) is 9.59 Å². The van der Waals surface area contributed by atoms with Crippen LogP contribution in [-0.2, 0) is 24.2 Å². The number of nitrogens with one attached hydrogen (secondary N) is 1. The normalized spacial score (nSPS) is 13.3. The van der Waals surface area contributed by atoms with Gasteiger partial charge in [-0.25, -0.2) is 0 Å². The van der Waals surface area contributed by atoms with Crippen LogP contribution in [0.1, 0.15) is 37.7 Å². The number of rotatable bonds is 6. The monoisotopic (exact) mass is 363 g/mol. The van der Waals surface area contributed by atoms with Crippen LogP contribution in [0.25, 0.3) is 0 Å². The van der Waals surface area contributed by atoms with Gasteiger partial charge in [0.25, 0.3) is 5.91 Å². The molecular formula is C17H21N3O2S2. The number of carbonyl (C=O) groups is 2. The Kier molecular flexibility index (Phi) is 5.03. The second-order valence-corrected chi connectivity index (χ2v) is 8.28. The smallest absolute Gasteiger partial charge is 0.251 e. The zero-order valence-corrected chi connectivity index (χ0v) is 15.5. The molecule has 0 atom stereocenters. The molecule has 128 valence electrons. The summed E-state index contributed by atoms with van der Waals surface area (Å²) < 4.78 is 0. The number of likely N-dealkylation sites (N-methyl/N-ethyl adjacent to an activating group) is 1. The van der Waals surface area contributed by atoms with Crippen molar-refractivity contribution in [2.45, 2.75) is 32.7 Å². The van der Waals surface area contributed by atoms with E-state index in [0.717, 1.165) is 31.4 Å². The average molecular weight is 364 g/mol. The Balaban J connectivity index is 1.65. The number of fused-ring (bicyclic) bond motifs is 1. The third kappa shape index (κ3) is 3.53. The molecule has 0 bridgehead atoms. The lowest BCUT2D eigenvalue weighted by atomic mass is 10.1. The molecule has 2 heterocycles. The number of aryl methyl sites for hydroxylation is 2.